The van der Waals surface area contributed by atoms with Crippen LogP contribution in [0.3, 0.4) is 0 Å². The van der Waals surface area contributed by atoms with E-state index in [0.717, 1.165) is 16.1 Å². The van der Waals surface area contributed by atoms with Crippen LogP contribution >= 0.6 is 22.7 Å². The lowest BCUT2D eigenvalue weighted by molar-refractivity contribution is 0.0697. The molecule has 0 fully saturated rings. The molecule has 5 rings (SSSR count). The van der Waals surface area contributed by atoms with E-state index >= 15 is 0 Å². The minimum absolute atomic E-state index is 0.145. The molecule has 11 heteroatoms. The van der Waals surface area contributed by atoms with E-state index in [4.69, 9.17) is 0 Å². The van der Waals surface area contributed by atoms with Gasteiger partial charge in [-0.3, -0.25) is 9.89 Å². The molecule has 3 aromatic heterocycles. The number of nitrogens with one attached hydrogen (secondary N) is 1. The van der Waals surface area contributed by atoms with E-state index in [9.17, 15) is 14.7 Å². The van der Waals surface area contributed by atoms with E-state index < -0.39 is 11.5 Å². The molecular formula is C24H18N6O3S2. The summed E-state index contributed by atoms with van der Waals surface area (Å²) in [6.07, 6.45) is 0. The lowest BCUT2D eigenvalue weighted by atomic mass is 10.1. The molecule has 9 nitrogen and oxygen atoms in total. The summed E-state index contributed by atoms with van der Waals surface area (Å²) < 4.78 is 1.32. The van der Waals surface area contributed by atoms with Crippen LogP contribution in [0, 0.1) is 13.8 Å². The van der Waals surface area contributed by atoms with Gasteiger partial charge in [0.2, 0.25) is 10.3 Å². The quantitative estimate of drug-likeness (QED) is 0.270. The van der Waals surface area contributed by atoms with Crippen molar-refractivity contribution in [3.05, 3.63) is 86.5 Å². The third kappa shape index (κ3) is 4.46. The number of hydrogen-bond acceptors (Lipinski definition) is 8. The number of aromatic carboxylic acids is 1. The van der Waals surface area contributed by atoms with Crippen LogP contribution in [-0.4, -0.2) is 30.8 Å². The molecule has 0 aliphatic rings. The van der Waals surface area contributed by atoms with Gasteiger partial charge in [-0.2, -0.15) is 4.68 Å². The molecule has 0 saturated carbocycles. The van der Waals surface area contributed by atoms with Gasteiger partial charge in [-0.25, -0.2) is 14.8 Å². The smallest absolute Gasteiger partial charge is 0.335 e. The molecule has 0 bridgehead atoms. The lowest BCUT2D eigenvalue weighted by Gasteiger charge is -2.00. The predicted molar refractivity (Wildman–Crippen MR) is 136 cm³/mol. The fourth-order valence-electron chi connectivity index (χ4n) is 3.36. The minimum atomic E-state index is -1.02. The van der Waals surface area contributed by atoms with Gasteiger partial charge in [0, 0.05) is 21.4 Å². The molecule has 0 unspecified atom stereocenters. The average Bonchev–Trinajstić information content (AvgIpc) is 3.56. The zero-order valence-corrected chi connectivity index (χ0v) is 20.2. The number of aromatic nitrogens is 4. The number of thiazole rings is 2. The number of aryl methyl sites for hydroxylation is 2. The first-order valence-corrected chi connectivity index (χ1v) is 12.2. The number of H-pyrrole nitrogens is 1. The third-order valence-corrected chi connectivity index (χ3v) is 7.05. The largest absolute Gasteiger partial charge is 0.478 e. The summed E-state index contributed by atoms with van der Waals surface area (Å²) in [7, 11) is 0. The molecular weight excluding hydrogens is 484 g/mol. The summed E-state index contributed by atoms with van der Waals surface area (Å²) in [4.78, 5) is 34.7. The molecule has 0 saturated heterocycles. The number of rotatable bonds is 6. The first kappa shape index (κ1) is 22.6. The Hall–Kier alpha value is -4.22. The maximum atomic E-state index is 13.4. The Balaban J connectivity index is 1.58. The molecule has 174 valence electrons. The molecule has 2 aromatic carbocycles. The van der Waals surface area contributed by atoms with E-state index in [1.54, 1.807) is 23.6 Å². The lowest BCUT2D eigenvalue weighted by Crippen LogP contribution is -2.13. The maximum Gasteiger partial charge on any atom is 0.335 e. The van der Waals surface area contributed by atoms with Crippen molar-refractivity contribution in [2.24, 2.45) is 10.2 Å². The maximum absolute atomic E-state index is 13.4. The van der Waals surface area contributed by atoms with Gasteiger partial charge >= 0.3 is 11.5 Å². The molecule has 35 heavy (non-hydrogen) atoms. The molecule has 0 aliphatic carbocycles. The summed E-state index contributed by atoms with van der Waals surface area (Å²) in [5, 5.41) is 23.5. The first-order valence-electron chi connectivity index (χ1n) is 10.5. The highest BCUT2D eigenvalue weighted by Crippen LogP contribution is 2.31. The van der Waals surface area contributed by atoms with Gasteiger partial charge in [0.05, 0.1) is 22.6 Å². The van der Waals surface area contributed by atoms with Crippen molar-refractivity contribution in [2.75, 3.05) is 0 Å². The number of nitrogens with zero attached hydrogens (tertiary/aromatic N) is 5. The van der Waals surface area contributed by atoms with Gasteiger partial charge in [-0.15, -0.1) is 21.6 Å². The minimum Gasteiger partial charge on any atom is -0.478 e. The van der Waals surface area contributed by atoms with Crippen LogP contribution in [0.15, 0.2) is 75.0 Å². The summed E-state index contributed by atoms with van der Waals surface area (Å²) in [6.45, 7) is 3.85. The van der Waals surface area contributed by atoms with Crippen LogP contribution in [0.1, 0.15) is 20.9 Å². The fraction of sp³-hybridized carbons (Fsp3) is 0.0833. The van der Waals surface area contributed by atoms with Crippen molar-refractivity contribution < 1.29 is 9.90 Å². The van der Waals surface area contributed by atoms with Crippen molar-refractivity contribution in [1.29, 1.82) is 0 Å². The van der Waals surface area contributed by atoms with Crippen molar-refractivity contribution in [1.82, 2.24) is 19.7 Å². The van der Waals surface area contributed by atoms with Crippen molar-refractivity contribution >= 4 is 39.5 Å². The number of carbonyl (C=O) groups is 1. The zero-order chi connectivity index (χ0) is 24.5. The van der Waals surface area contributed by atoms with Gasteiger partial charge in [0.25, 0.3) is 0 Å². The van der Waals surface area contributed by atoms with E-state index in [-0.39, 0.29) is 11.3 Å². The van der Waals surface area contributed by atoms with Crippen LogP contribution in [0.2, 0.25) is 0 Å². The second-order valence-electron chi connectivity index (χ2n) is 7.58. The topological polar surface area (TPSA) is 126 Å². The van der Waals surface area contributed by atoms with Crippen LogP contribution in [0.4, 0.5) is 10.8 Å². The van der Waals surface area contributed by atoms with E-state index in [0.29, 0.717) is 27.2 Å². The molecule has 0 radical (unpaired) electrons. The Morgan fingerprint density at radius 1 is 1.03 bits per heavy atom. The number of azo groups is 1. The standard InChI is InChI=1S/C24H18N6O3S2/c1-13-14(2)35-23(25-13)28-27-20-19(15-7-4-3-5-8-15)29-30(21(20)31)24-26-18(12-34-24)16-9-6-10-17(11-16)22(32)33/h3-12,29H,1-2H3,(H,32,33). The number of aromatic amines is 1. The molecule has 0 aliphatic heterocycles. The number of benzene rings is 2. The molecule has 0 spiro atoms. The monoisotopic (exact) mass is 502 g/mol. The highest BCUT2D eigenvalue weighted by Gasteiger charge is 2.19. The Morgan fingerprint density at radius 3 is 2.51 bits per heavy atom. The molecule has 5 aromatic rings. The number of hydrogen-bond donors (Lipinski definition) is 2. The van der Waals surface area contributed by atoms with Crippen LogP contribution < -0.4 is 5.56 Å². The van der Waals surface area contributed by atoms with Gasteiger partial charge < -0.3 is 5.11 Å². The van der Waals surface area contributed by atoms with Crippen LogP contribution in [0.5, 0.6) is 0 Å². The second kappa shape index (κ2) is 9.20. The molecule has 3 heterocycles. The summed E-state index contributed by atoms with van der Waals surface area (Å²) in [5.41, 5.74) is 3.27. The van der Waals surface area contributed by atoms with E-state index in [1.807, 2.05) is 44.2 Å². The Labute approximate surface area is 207 Å². The average molecular weight is 503 g/mol. The van der Waals surface area contributed by atoms with Crippen LogP contribution in [0.25, 0.3) is 27.6 Å². The van der Waals surface area contributed by atoms with Crippen LogP contribution in [-0.2, 0) is 0 Å². The normalized spacial score (nSPS) is 11.4. The van der Waals surface area contributed by atoms with Crippen molar-refractivity contribution in [3.8, 4) is 27.6 Å². The first-order chi connectivity index (χ1) is 16.9. The summed E-state index contributed by atoms with van der Waals surface area (Å²) >= 11 is 2.66. The van der Waals surface area contributed by atoms with Gasteiger partial charge in [0.15, 0.2) is 5.69 Å². The molecule has 0 atom stereocenters. The van der Waals surface area contributed by atoms with E-state index in [2.05, 4.69) is 25.3 Å². The zero-order valence-electron chi connectivity index (χ0n) is 18.6. The van der Waals surface area contributed by atoms with Gasteiger partial charge in [-0.1, -0.05) is 53.8 Å². The van der Waals surface area contributed by atoms with Crippen molar-refractivity contribution in [3.63, 3.8) is 0 Å². The predicted octanol–water partition coefficient (Wildman–Crippen LogP) is 6.14. The SMILES string of the molecule is Cc1nc(N=Nc2c(-c3ccccc3)[nH]n(-c3nc(-c4cccc(C(=O)O)c4)cs3)c2=O)sc1C. The molecule has 0 amide bonds. The highest BCUT2D eigenvalue weighted by atomic mass is 32.1. The van der Waals surface area contributed by atoms with Crippen molar-refractivity contribution in [2.45, 2.75) is 13.8 Å². The highest BCUT2D eigenvalue weighted by molar-refractivity contribution is 7.15. The summed E-state index contributed by atoms with van der Waals surface area (Å²) in [6, 6.07) is 15.9. The summed E-state index contributed by atoms with van der Waals surface area (Å²) in [5.74, 6) is -1.02. The number of carboxylic acid groups (broad SMARTS) is 1. The van der Waals surface area contributed by atoms with Gasteiger partial charge in [-0.05, 0) is 26.0 Å². The molecule has 2 N–H and O–H groups in total. The second-order valence-corrected chi connectivity index (χ2v) is 9.60. The number of carboxylic acids is 1. The van der Waals surface area contributed by atoms with Gasteiger partial charge in [0.1, 0.15) is 0 Å². The van der Waals surface area contributed by atoms with E-state index in [1.165, 1.54) is 33.4 Å². The fourth-order valence-corrected chi connectivity index (χ4v) is 4.89. The Bertz CT molecular complexity index is 1610. The Kier molecular flexibility index (Phi) is 5.93. The third-order valence-electron chi connectivity index (χ3n) is 5.27. The Morgan fingerprint density at radius 2 is 1.80 bits per heavy atom.